The molecule has 3 aromatic heterocycles. The van der Waals surface area contributed by atoms with Crippen LogP contribution < -0.4 is 4.90 Å². The van der Waals surface area contributed by atoms with Crippen LogP contribution in [0.2, 0.25) is 0 Å². The molecule has 0 radical (unpaired) electrons. The third-order valence-corrected chi connectivity index (χ3v) is 12.1. The van der Waals surface area contributed by atoms with Gasteiger partial charge in [-0.3, -0.25) is 0 Å². The van der Waals surface area contributed by atoms with Crippen molar-refractivity contribution >= 4 is 82.7 Å². The van der Waals surface area contributed by atoms with Gasteiger partial charge in [0.05, 0.1) is 33.3 Å². The Bertz CT molecular complexity index is 3470. The number of hydrogen-bond donors (Lipinski definition) is 0. The molecule has 0 fully saturated rings. The van der Waals surface area contributed by atoms with E-state index in [1.807, 2.05) is 0 Å². The van der Waals surface area contributed by atoms with Gasteiger partial charge in [-0.2, -0.15) is 0 Å². The zero-order valence-electron chi connectivity index (χ0n) is 31.8. The lowest BCUT2D eigenvalue weighted by Crippen LogP contribution is -2.10. The first-order chi connectivity index (χ1) is 28.7. The Balaban J connectivity index is 1.04. The molecule has 1 aliphatic carbocycles. The Morgan fingerprint density at radius 1 is 0.448 bits per heavy atom. The van der Waals surface area contributed by atoms with Crippen molar-refractivity contribution in [1.29, 1.82) is 0 Å². The van der Waals surface area contributed by atoms with Crippen LogP contribution in [0.15, 0.2) is 212 Å². The highest BCUT2D eigenvalue weighted by Gasteiger charge is 2.24. The quantitative estimate of drug-likeness (QED) is 0.165. The third-order valence-electron chi connectivity index (χ3n) is 12.1. The molecule has 272 valence electrons. The topological polar surface area (TPSA) is 12.6 Å². The van der Waals surface area contributed by atoms with Crippen LogP contribution in [-0.2, 0) is 0 Å². The average Bonchev–Trinajstić information content (AvgIpc) is 3.93. The Kier molecular flexibility index (Phi) is 7.14. The molecule has 0 saturated carbocycles. The summed E-state index contributed by atoms with van der Waals surface area (Å²) in [5.74, 6) is 0. The average molecular weight is 740 g/mol. The predicted molar refractivity (Wildman–Crippen MR) is 247 cm³/mol. The lowest BCUT2D eigenvalue weighted by atomic mass is 10.0. The van der Waals surface area contributed by atoms with Crippen LogP contribution in [0, 0.1) is 0 Å². The van der Waals surface area contributed by atoms with Crippen LogP contribution in [-0.4, -0.2) is 8.97 Å². The Morgan fingerprint density at radius 3 is 1.69 bits per heavy atom. The van der Waals surface area contributed by atoms with E-state index < -0.39 is 0 Å². The van der Waals surface area contributed by atoms with E-state index in [1.165, 1.54) is 82.2 Å². The van der Waals surface area contributed by atoms with Crippen LogP contribution in [0.5, 0.6) is 0 Å². The fourth-order valence-electron chi connectivity index (χ4n) is 9.51. The third kappa shape index (κ3) is 4.87. The van der Waals surface area contributed by atoms with E-state index in [-0.39, 0.29) is 0 Å². The summed E-state index contributed by atoms with van der Waals surface area (Å²) in [6.07, 6.45) is 7.54. The Hall–Kier alpha value is -7.62. The van der Waals surface area contributed by atoms with Gasteiger partial charge in [0.25, 0.3) is 0 Å². The Labute approximate surface area is 336 Å². The van der Waals surface area contributed by atoms with Crippen molar-refractivity contribution in [3.63, 3.8) is 0 Å². The van der Waals surface area contributed by atoms with Crippen molar-refractivity contribution in [2.45, 2.75) is 6.42 Å². The van der Waals surface area contributed by atoms with Gasteiger partial charge in [0, 0.05) is 49.4 Å². The van der Waals surface area contributed by atoms with Crippen molar-refractivity contribution in [2.75, 3.05) is 4.90 Å². The molecule has 0 spiro atoms. The molecule has 1 aliphatic rings. The molecular weight excluding hydrogens is 703 g/mol. The van der Waals surface area contributed by atoms with Crippen molar-refractivity contribution in [3.05, 3.63) is 212 Å². The van der Waals surface area contributed by atoms with Crippen molar-refractivity contribution < 1.29 is 0 Å². The van der Waals surface area contributed by atoms with Crippen LogP contribution in [0.3, 0.4) is 0 Å². The number of benzene rings is 8. The first kappa shape index (κ1) is 32.6. The molecule has 11 aromatic rings. The second kappa shape index (κ2) is 12.7. The summed E-state index contributed by atoms with van der Waals surface area (Å²) in [5, 5.41) is 7.56. The summed E-state index contributed by atoms with van der Waals surface area (Å²) < 4.78 is 4.85. The number of fused-ring (bicyclic) bond motifs is 9. The van der Waals surface area contributed by atoms with Gasteiger partial charge >= 0.3 is 0 Å². The van der Waals surface area contributed by atoms with Crippen molar-refractivity contribution in [3.8, 4) is 22.3 Å². The largest absolute Gasteiger partial charge is 0.310 e. The highest BCUT2D eigenvalue weighted by atomic mass is 15.1. The van der Waals surface area contributed by atoms with Gasteiger partial charge in [-0.25, -0.2) is 0 Å². The molecule has 0 amide bonds. The van der Waals surface area contributed by atoms with E-state index in [2.05, 4.69) is 221 Å². The molecule has 0 bridgehead atoms. The van der Waals surface area contributed by atoms with Crippen LogP contribution in [0.1, 0.15) is 6.42 Å². The molecule has 8 aromatic carbocycles. The number of allylic oxidation sites excluding steroid dienone is 5. The maximum Gasteiger partial charge on any atom is 0.0641 e. The van der Waals surface area contributed by atoms with E-state index in [4.69, 9.17) is 0 Å². The van der Waals surface area contributed by atoms with E-state index in [0.29, 0.717) is 0 Å². The van der Waals surface area contributed by atoms with Crippen LogP contribution in [0.4, 0.5) is 17.1 Å². The number of aromatic nitrogens is 2. The van der Waals surface area contributed by atoms with Crippen molar-refractivity contribution in [1.82, 2.24) is 8.97 Å². The zero-order chi connectivity index (χ0) is 38.3. The molecule has 3 nitrogen and oxygen atoms in total. The summed E-state index contributed by atoms with van der Waals surface area (Å²) >= 11 is 0. The van der Waals surface area contributed by atoms with Gasteiger partial charge in [0.15, 0.2) is 0 Å². The highest BCUT2D eigenvalue weighted by molar-refractivity contribution is 6.27. The smallest absolute Gasteiger partial charge is 0.0641 e. The minimum atomic E-state index is 0.887. The summed E-state index contributed by atoms with van der Waals surface area (Å²) in [6, 6.07) is 66.6. The number of hydrogen-bond acceptors (Lipinski definition) is 1. The maximum atomic E-state index is 4.29. The normalized spacial score (nSPS) is 13.2. The number of rotatable bonds is 6. The van der Waals surface area contributed by atoms with E-state index in [0.717, 1.165) is 34.8 Å². The fourth-order valence-corrected chi connectivity index (χ4v) is 9.51. The molecule has 3 heteroatoms. The molecule has 0 atom stereocenters. The summed E-state index contributed by atoms with van der Waals surface area (Å²) in [4.78, 5) is 2.44. The molecule has 0 aliphatic heterocycles. The van der Waals surface area contributed by atoms with Gasteiger partial charge in [-0.15, -0.1) is 0 Å². The molecule has 0 saturated heterocycles. The zero-order valence-corrected chi connectivity index (χ0v) is 31.8. The van der Waals surface area contributed by atoms with Gasteiger partial charge in [-0.1, -0.05) is 140 Å². The van der Waals surface area contributed by atoms with E-state index in [9.17, 15) is 0 Å². The van der Waals surface area contributed by atoms with Crippen LogP contribution in [0.25, 0.3) is 87.9 Å². The molecular formula is C55H37N3. The van der Waals surface area contributed by atoms with Gasteiger partial charge in [0.1, 0.15) is 0 Å². The van der Waals surface area contributed by atoms with Gasteiger partial charge in [0.2, 0.25) is 0 Å². The second-order valence-electron chi connectivity index (χ2n) is 15.4. The minimum absolute atomic E-state index is 0.887. The van der Waals surface area contributed by atoms with E-state index >= 15 is 0 Å². The van der Waals surface area contributed by atoms with Crippen LogP contribution >= 0.6 is 0 Å². The second-order valence-corrected chi connectivity index (χ2v) is 15.4. The standard InChI is InChI=1S/C55H37N3/c1-36-12-11-15-43(34-36)57-49-19-8-5-16-44(49)46-31-26-40(35-53(46)57)39-24-29-42(30-25-39)56(41-27-22-38(23-28-41)37-13-3-2-4-14-37)52-33-32-47-45-17-6-9-20-50(45)58-51-21-10-7-18-48(51)54(52)55(47)58/h2-11,13-35H,1,12H2. The number of nitrogens with zero attached hydrogens (tertiary/aromatic N) is 3. The lowest BCUT2D eigenvalue weighted by Gasteiger charge is -2.27. The number of anilines is 3. The van der Waals surface area contributed by atoms with Gasteiger partial charge < -0.3 is 13.9 Å². The first-order valence-electron chi connectivity index (χ1n) is 20.0. The van der Waals surface area contributed by atoms with Gasteiger partial charge in [-0.05, 0) is 101 Å². The van der Waals surface area contributed by atoms with Crippen molar-refractivity contribution in [2.24, 2.45) is 0 Å². The number of para-hydroxylation sites is 3. The molecule has 3 heterocycles. The highest BCUT2D eigenvalue weighted by Crippen LogP contribution is 2.47. The molecule has 12 rings (SSSR count). The summed E-state index contributed by atoms with van der Waals surface area (Å²) in [5.41, 5.74) is 16.5. The SMILES string of the molecule is C=C1C=C(n2c3ccccc3c3ccc(-c4ccc(N(c5ccc(-c6ccccc6)cc5)c5ccc6c7ccccc7n7c8ccccc8c5c67)cc4)cc32)C=CC1. The monoisotopic (exact) mass is 739 g/mol. The molecule has 58 heavy (non-hydrogen) atoms. The molecule has 0 N–H and O–H groups in total. The minimum Gasteiger partial charge on any atom is -0.310 e. The fraction of sp³-hybridized carbons (Fsp3) is 0.0182. The maximum absolute atomic E-state index is 4.29. The molecule has 0 unspecified atom stereocenters. The lowest BCUT2D eigenvalue weighted by molar-refractivity contribution is 1.18. The van der Waals surface area contributed by atoms with E-state index in [1.54, 1.807) is 0 Å². The Morgan fingerprint density at radius 2 is 0.983 bits per heavy atom. The first-order valence-corrected chi connectivity index (χ1v) is 20.0. The predicted octanol–water partition coefficient (Wildman–Crippen LogP) is 15.1. The summed E-state index contributed by atoms with van der Waals surface area (Å²) in [7, 11) is 0. The summed E-state index contributed by atoms with van der Waals surface area (Å²) in [6.45, 7) is 4.29.